The summed E-state index contributed by atoms with van der Waals surface area (Å²) < 4.78 is 31.0. The second-order valence-electron chi connectivity index (χ2n) is 5.24. The van der Waals surface area contributed by atoms with Gasteiger partial charge in [0.1, 0.15) is 5.75 Å². The van der Waals surface area contributed by atoms with Crippen molar-refractivity contribution in [1.82, 2.24) is 10.2 Å². The van der Waals surface area contributed by atoms with E-state index in [0.717, 1.165) is 25.0 Å². The number of carbonyl (C=O) groups is 2. The summed E-state index contributed by atoms with van der Waals surface area (Å²) in [6, 6.07) is 3.06. The zero-order valence-electron chi connectivity index (χ0n) is 12.3. The number of nitrogens with one attached hydrogen (secondary N) is 1. The Morgan fingerprint density at radius 3 is 2.82 bits per heavy atom. The fraction of sp³-hybridized carbons (Fsp3) is 0.467. The van der Waals surface area contributed by atoms with Gasteiger partial charge < -0.3 is 15.0 Å². The number of amides is 2. The van der Waals surface area contributed by atoms with Gasteiger partial charge in [0.05, 0.1) is 0 Å². The van der Waals surface area contributed by atoms with Crippen LogP contribution in [-0.2, 0) is 9.59 Å². The third kappa shape index (κ3) is 4.41. The first-order valence-corrected chi connectivity index (χ1v) is 7.08. The molecule has 1 heterocycles. The summed E-state index contributed by atoms with van der Waals surface area (Å²) in [5, 5.41) is 2.79. The Hall–Kier alpha value is -2.18. The summed E-state index contributed by atoms with van der Waals surface area (Å²) in [7, 11) is 0. The zero-order valence-corrected chi connectivity index (χ0v) is 12.3. The Morgan fingerprint density at radius 2 is 2.14 bits per heavy atom. The topological polar surface area (TPSA) is 58.6 Å². The van der Waals surface area contributed by atoms with Crippen LogP contribution in [0.3, 0.4) is 0 Å². The van der Waals surface area contributed by atoms with Gasteiger partial charge in [-0.1, -0.05) is 0 Å². The molecule has 120 valence electrons. The summed E-state index contributed by atoms with van der Waals surface area (Å²) >= 11 is 0. The molecule has 1 saturated heterocycles. The highest BCUT2D eigenvalue weighted by molar-refractivity contribution is 5.78. The van der Waals surface area contributed by atoms with Crippen molar-refractivity contribution in [3.05, 3.63) is 29.8 Å². The van der Waals surface area contributed by atoms with Crippen molar-refractivity contribution in [3.8, 4) is 5.75 Å². The average Bonchev–Trinajstić information content (AvgIpc) is 2.48. The maximum Gasteiger partial charge on any atom is 0.260 e. The predicted molar refractivity (Wildman–Crippen MR) is 75.3 cm³/mol. The molecule has 1 fully saturated rings. The van der Waals surface area contributed by atoms with Crippen molar-refractivity contribution < 1.29 is 23.1 Å². The molecule has 1 aromatic carbocycles. The van der Waals surface area contributed by atoms with Crippen molar-refractivity contribution in [2.45, 2.75) is 25.8 Å². The van der Waals surface area contributed by atoms with Gasteiger partial charge in [-0.05, 0) is 25.0 Å². The van der Waals surface area contributed by atoms with E-state index in [1.807, 2.05) is 0 Å². The lowest BCUT2D eigenvalue weighted by Gasteiger charge is -2.32. The van der Waals surface area contributed by atoms with Crippen LogP contribution < -0.4 is 10.1 Å². The van der Waals surface area contributed by atoms with E-state index in [1.165, 1.54) is 13.0 Å². The molecule has 2 rings (SSSR count). The molecular formula is C15H18F2N2O3. The molecule has 22 heavy (non-hydrogen) atoms. The van der Waals surface area contributed by atoms with Gasteiger partial charge in [0, 0.05) is 32.1 Å². The van der Waals surface area contributed by atoms with Gasteiger partial charge in [-0.25, -0.2) is 8.78 Å². The van der Waals surface area contributed by atoms with E-state index in [9.17, 15) is 18.4 Å². The Labute approximate surface area is 127 Å². The number of piperidine rings is 1. The Bertz CT molecular complexity index is 566. The van der Waals surface area contributed by atoms with Crippen LogP contribution in [0.15, 0.2) is 18.2 Å². The molecular weight excluding hydrogens is 294 g/mol. The van der Waals surface area contributed by atoms with Gasteiger partial charge in [0.15, 0.2) is 18.2 Å². The molecule has 7 heteroatoms. The van der Waals surface area contributed by atoms with E-state index in [4.69, 9.17) is 4.74 Å². The van der Waals surface area contributed by atoms with E-state index in [0.29, 0.717) is 13.1 Å². The molecule has 0 aromatic heterocycles. The van der Waals surface area contributed by atoms with Crippen LogP contribution in [0, 0.1) is 11.6 Å². The fourth-order valence-electron chi connectivity index (χ4n) is 2.41. The van der Waals surface area contributed by atoms with Crippen LogP contribution in [0.2, 0.25) is 0 Å². The number of benzene rings is 1. The minimum atomic E-state index is -1.02. The molecule has 2 amide bonds. The average molecular weight is 312 g/mol. The Kier molecular flexibility index (Phi) is 5.30. The number of hydrogen-bond donors (Lipinski definition) is 1. The Balaban J connectivity index is 1.86. The molecule has 0 aliphatic carbocycles. The van der Waals surface area contributed by atoms with Crippen molar-refractivity contribution >= 4 is 11.8 Å². The molecule has 1 aliphatic heterocycles. The van der Waals surface area contributed by atoms with E-state index in [1.54, 1.807) is 4.90 Å². The first-order valence-electron chi connectivity index (χ1n) is 7.08. The number of hydrogen-bond acceptors (Lipinski definition) is 3. The molecule has 1 N–H and O–H groups in total. The van der Waals surface area contributed by atoms with E-state index >= 15 is 0 Å². The summed E-state index contributed by atoms with van der Waals surface area (Å²) in [4.78, 5) is 24.7. The van der Waals surface area contributed by atoms with Crippen molar-refractivity contribution in [2.24, 2.45) is 0 Å². The summed E-state index contributed by atoms with van der Waals surface area (Å²) in [5.41, 5.74) is 0. The van der Waals surface area contributed by atoms with E-state index < -0.39 is 11.6 Å². The molecule has 0 spiro atoms. The van der Waals surface area contributed by atoms with Crippen LogP contribution in [0.4, 0.5) is 8.78 Å². The second-order valence-corrected chi connectivity index (χ2v) is 5.24. The minimum absolute atomic E-state index is 0.0570. The highest BCUT2D eigenvalue weighted by atomic mass is 19.2. The normalized spacial score (nSPS) is 18.0. The van der Waals surface area contributed by atoms with Gasteiger partial charge in [-0.2, -0.15) is 0 Å². The number of rotatable bonds is 4. The van der Waals surface area contributed by atoms with Crippen molar-refractivity contribution in [1.29, 1.82) is 0 Å². The molecule has 0 bridgehead atoms. The molecule has 5 nitrogen and oxygen atoms in total. The SMILES string of the molecule is CC(=O)NC1CCCN(C(=O)COc2ccc(F)c(F)c2)C1. The highest BCUT2D eigenvalue weighted by Crippen LogP contribution is 2.16. The fourth-order valence-corrected chi connectivity index (χ4v) is 2.41. The smallest absolute Gasteiger partial charge is 0.260 e. The third-order valence-electron chi connectivity index (χ3n) is 3.43. The van der Waals surface area contributed by atoms with E-state index in [-0.39, 0.29) is 30.2 Å². The Morgan fingerprint density at radius 1 is 1.36 bits per heavy atom. The van der Waals surface area contributed by atoms with Gasteiger partial charge in [-0.15, -0.1) is 0 Å². The maximum absolute atomic E-state index is 13.0. The molecule has 0 radical (unpaired) electrons. The number of carbonyl (C=O) groups excluding carboxylic acids is 2. The number of likely N-dealkylation sites (tertiary alicyclic amines) is 1. The lowest BCUT2D eigenvalue weighted by atomic mass is 10.1. The maximum atomic E-state index is 13.0. The monoisotopic (exact) mass is 312 g/mol. The lowest BCUT2D eigenvalue weighted by Crippen LogP contribution is -2.50. The molecule has 1 atom stereocenters. The quantitative estimate of drug-likeness (QED) is 0.916. The van der Waals surface area contributed by atoms with Crippen LogP contribution in [0.25, 0.3) is 0 Å². The largest absolute Gasteiger partial charge is 0.484 e. The van der Waals surface area contributed by atoms with Gasteiger partial charge in [0.2, 0.25) is 5.91 Å². The number of halogens is 2. The number of ether oxygens (including phenoxy) is 1. The van der Waals surface area contributed by atoms with Gasteiger partial charge in [-0.3, -0.25) is 9.59 Å². The van der Waals surface area contributed by atoms with Crippen LogP contribution in [0.5, 0.6) is 5.75 Å². The predicted octanol–water partition coefficient (Wildman–Crippen LogP) is 1.47. The van der Waals surface area contributed by atoms with Crippen molar-refractivity contribution in [3.63, 3.8) is 0 Å². The van der Waals surface area contributed by atoms with Gasteiger partial charge >= 0.3 is 0 Å². The van der Waals surface area contributed by atoms with Crippen LogP contribution in [-0.4, -0.2) is 42.5 Å². The minimum Gasteiger partial charge on any atom is -0.484 e. The standard InChI is InChI=1S/C15H18F2N2O3/c1-10(20)18-11-3-2-6-19(8-11)15(21)9-22-12-4-5-13(16)14(17)7-12/h4-5,7,11H,2-3,6,8-9H2,1H3,(H,18,20). The first-order chi connectivity index (χ1) is 10.5. The van der Waals surface area contributed by atoms with Gasteiger partial charge in [0.25, 0.3) is 5.91 Å². The summed E-state index contributed by atoms with van der Waals surface area (Å²) in [6.07, 6.45) is 1.62. The number of nitrogens with zero attached hydrogens (tertiary/aromatic N) is 1. The van der Waals surface area contributed by atoms with Crippen LogP contribution >= 0.6 is 0 Å². The molecule has 0 saturated carbocycles. The second kappa shape index (κ2) is 7.20. The molecule has 1 unspecified atom stereocenters. The summed E-state index contributed by atoms with van der Waals surface area (Å²) in [5.74, 6) is -2.26. The lowest BCUT2D eigenvalue weighted by molar-refractivity contribution is -0.135. The first kappa shape index (κ1) is 16.2. The van der Waals surface area contributed by atoms with Crippen LogP contribution in [0.1, 0.15) is 19.8 Å². The summed E-state index contributed by atoms with van der Waals surface area (Å²) in [6.45, 7) is 2.21. The molecule has 1 aromatic rings. The zero-order chi connectivity index (χ0) is 16.1. The van der Waals surface area contributed by atoms with E-state index in [2.05, 4.69) is 5.32 Å². The third-order valence-corrected chi connectivity index (χ3v) is 3.43. The molecule has 1 aliphatic rings. The highest BCUT2D eigenvalue weighted by Gasteiger charge is 2.24. The van der Waals surface area contributed by atoms with Crippen molar-refractivity contribution in [2.75, 3.05) is 19.7 Å².